The second kappa shape index (κ2) is 6.29. The van der Waals surface area contributed by atoms with Crippen LogP contribution in [0.15, 0.2) is 42.7 Å². The lowest BCUT2D eigenvalue weighted by molar-refractivity contribution is 0.425. The highest BCUT2D eigenvalue weighted by atomic mass is 19.1. The SMILES string of the molecule is CCNC(C)c1cccc(F)c1Oc1cccnc1. The minimum atomic E-state index is -0.369. The zero-order chi connectivity index (χ0) is 13.7. The quantitative estimate of drug-likeness (QED) is 0.890. The molecule has 1 N–H and O–H groups in total. The Labute approximate surface area is 112 Å². The van der Waals surface area contributed by atoms with Crippen LogP contribution in [-0.2, 0) is 0 Å². The van der Waals surface area contributed by atoms with Crippen LogP contribution in [0.5, 0.6) is 11.5 Å². The molecule has 2 rings (SSSR count). The first kappa shape index (κ1) is 13.5. The van der Waals surface area contributed by atoms with E-state index in [1.54, 1.807) is 30.6 Å². The predicted octanol–water partition coefficient (Wildman–Crippen LogP) is 3.68. The molecule has 19 heavy (non-hydrogen) atoms. The van der Waals surface area contributed by atoms with Crippen LogP contribution in [0, 0.1) is 5.82 Å². The van der Waals surface area contributed by atoms with Crippen molar-refractivity contribution in [2.45, 2.75) is 19.9 Å². The maximum absolute atomic E-state index is 14.0. The van der Waals surface area contributed by atoms with Crippen molar-refractivity contribution in [2.24, 2.45) is 0 Å². The summed E-state index contributed by atoms with van der Waals surface area (Å²) in [5.74, 6) is 0.410. The molecule has 0 spiro atoms. The second-order valence-electron chi connectivity index (χ2n) is 4.23. The van der Waals surface area contributed by atoms with Crippen molar-refractivity contribution in [1.29, 1.82) is 0 Å². The van der Waals surface area contributed by atoms with E-state index in [0.29, 0.717) is 5.75 Å². The van der Waals surface area contributed by atoms with Crippen LogP contribution in [-0.4, -0.2) is 11.5 Å². The van der Waals surface area contributed by atoms with Crippen molar-refractivity contribution in [3.63, 3.8) is 0 Å². The van der Waals surface area contributed by atoms with Gasteiger partial charge in [-0.1, -0.05) is 19.1 Å². The van der Waals surface area contributed by atoms with Crippen LogP contribution in [0.1, 0.15) is 25.5 Å². The van der Waals surface area contributed by atoms with Crippen LogP contribution in [0.3, 0.4) is 0 Å². The summed E-state index contributed by atoms with van der Waals surface area (Å²) in [6, 6.07) is 8.47. The summed E-state index contributed by atoms with van der Waals surface area (Å²) in [6.07, 6.45) is 3.21. The molecule has 2 aromatic rings. The van der Waals surface area contributed by atoms with Crippen LogP contribution >= 0.6 is 0 Å². The highest BCUT2D eigenvalue weighted by Gasteiger charge is 2.15. The van der Waals surface area contributed by atoms with Crippen molar-refractivity contribution in [3.05, 3.63) is 54.1 Å². The van der Waals surface area contributed by atoms with Crippen molar-refractivity contribution in [2.75, 3.05) is 6.54 Å². The molecule has 0 amide bonds. The molecule has 3 nitrogen and oxygen atoms in total. The fourth-order valence-electron chi connectivity index (χ4n) is 1.92. The molecular formula is C15H17FN2O. The summed E-state index contributed by atoms with van der Waals surface area (Å²) >= 11 is 0. The zero-order valence-electron chi connectivity index (χ0n) is 11.1. The van der Waals surface area contributed by atoms with Gasteiger partial charge >= 0.3 is 0 Å². The van der Waals surface area contributed by atoms with Crippen LogP contribution in [0.2, 0.25) is 0 Å². The van der Waals surface area contributed by atoms with Crippen molar-refractivity contribution >= 4 is 0 Å². The van der Waals surface area contributed by atoms with Crippen molar-refractivity contribution in [1.82, 2.24) is 10.3 Å². The molecule has 0 bridgehead atoms. The van der Waals surface area contributed by atoms with Gasteiger partial charge in [0.25, 0.3) is 0 Å². The summed E-state index contributed by atoms with van der Waals surface area (Å²) < 4.78 is 19.6. The third-order valence-corrected chi connectivity index (χ3v) is 2.83. The molecule has 0 saturated carbocycles. The van der Waals surface area contributed by atoms with Gasteiger partial charge in [-0.2, -0.15) is 0 Å². The Kier molecular flexibility index (Phi) is 4.47. The third kappa shape index (κ3) is 3.29. The summed E-state index contributed by atoms with van der Waals surface area (Å²) in [5.41, 5.74) is 0.797. The largest absolute Gasteiger partial charge is 0.452 e. The molecule has 0 radical (unpaired) electrons. The minimum absolute atomic E-state index is 0.0207. The Morgan fingerprint density at radius 3 is 2.84 bits per heavy atom. The average Bonchev–Trinajstić information content (AvgIpc) is 2.42. The molecule has 0 fully saturated rings. The Hall–Kier alpha value is -1.94. The van der Waals surface area contributed by atoms with E-state index in [-0.39, 0.29) is 17.6 Å². The molecule has 0 saturated heterocycles. The molecule has 4 heteroatoms. The monoisotopic (exact) mass is 260 g/mol. The van der Waals surface area contributed by atoms with Gasteiger partial charge in [0, 0.05) is 17.8 Å². The fraction of sp³-hybridized carbons (Fsp3) is 0.267. The second-order valence-corrected chi connectivity index (χ2v) is 4.23. The first-order chi connectivity index (χ1) is 9.22. The topological polar surface area (TPSA) is 34.1 Å². The number of ether oxygens (including phenoxy) is 1. The normalized spacial score (nSPS) is 12.2. The van der Waals surface area contributed by atoms with Crippen molar-refractivity contribution in [3.8, 4) is 11.5 Å². The Bertz CT molecular complexity index is 531. The number of hydrogen-bond donors (Lipinski definition) is 1. The molecular weight excluding hydrogens is 243 g/mol. The van der Waals surface area contributed by atoms with E-state index < -0.39 is 0 Å². The molecule has 1 aromatic heterocycles. The van der Waals surface area contributed by atoms with E-state index in [4.69, 9.17) is 4.74 Å². The number of nitrogens with one attached hydrogen (secondary N) is 1. The molecule has 100 valence electrons. The third-order valence-electron chi connectivity index (χ3n) is 2.83. The van der Waals surface area contributed by atoms with Gasteiger partial charge in [-0.25, -0.2) is 4.39 Å². The van der Waals surface area contributed by atoms with E-state index in [0.717, 1.165) is 12.1 Å². The summed E-state index contributed by atoms with van der Waals surface area (Å²) in [7, 11) is 0. The molecule has 1 unspecified atom stereocenters. The predicted molar refractivity (Wildman–Crippen MR) is 72.8 cm³/mol. The maximum Gasteiger partial charge on any atom is 0.167 e. The first-order valence-electron chi connectivity index (χ1n) is 6.32. The highest BCUT2D eigenvalue weighted by molar-refractivity contribution is 5.40. The molecule has 1 atom stereocenters. The number of hydrogen-bond acceptors (Lipinski definition) is 3. The van der Waals surface area contributed by atoms with Gasteiger partial charge in [-0.15, -0.1) is 0 Å². The average molecular weight is 260 g/mol. The Morgan fingerprint density at radius 1 is 1.32 bits per heavy atom. The molecule has 0 aliphatic rings. The number of para-hydroxylation sites is 1. The number of aromatic nitrogens is 1. The van der Waals surface area contributed by atoms with Crippen LogP contribution in [0.4, 0.5) is 4.39 Å². The Morgan fingerprint density at radius 2 is 2.16 bits per heavy atom. The lowest BCUT2D eigenvalue weighted by atomic mass is 10.1. The molecule has 0 aliphatic carbocycles. The summed E-state index contributed by atoms with van der Waals surface area (Å²) in [5, 5.41) is 3.25. The highest BCUT2D eigenvalue weighted by Crippen LogP contribution is 2.31. The number of nitrogens with zero attached hydrogens (tertiary/aromatic N) is 1. The van der Waals surface area contributed by atoms with E-state index >= 15 is 0 Å². The number of halogens is 1. The number of rotatable bonds is 5. The lowest BCUT2D eigenvalue weighted by Crippen LogP contribution is -2.18. The van der Waals surface area contributed by atoms with E-state index in [1.165, 1.54) is 6.07 Å². The lowest BCUT2D eigenvalue weighted by Gasteiger charge is -2.17. The van der Waals surface area contributed by atoms with Crippen LogP contribution in [0.25, 0.3) is 0 Å². The smallest absolute Gasteiger partial charge is 0.167 e. The van der Waals surface area contributed by atoms with E-state index in [9.17, 15) is 4.39 Å². The first-order valence-corrected chi connectivity index (χ1v) is 6.32. The number of benzene rings is 1. The van der Waals surface area contributed by atoms with Crippen molar-refractivity contribution < 1.29 is 9.13 Å². The molecule has 1 aromatic carbocycles. The maximum atomic E-state index is 14.0. The standard InChI is InChI=1S/C15H17FN2O/c1-3-18-11(2)13-7-4-8-14(16)15(13)19-12-6-5-9-17-10-12/h4-11,18H,3H2,1-2H3. The summed E-state index contributed by atoms with van der Waals surface area (Å²) in [4.78, 5) is 3.96. The Balaban J connectivity index is 2.33. The molecule has 1 heterocycles. The van der Waals surface area contributed by atoms with Gasteiger partial charge < -0.3 is 10.1 Å². The summed E-state index contributed by atoms with van der Waals surface area (Å²) in [6.45, 7) is 4.80. The minimum Gasteiger partial charge on any atom is -0.452 e. The fourth-order valence-corrected chi connectivity index (χ4v) is 1.92. The van der Waals surface area contributed by atoms with Gasteiger partial charge in [-0.05, 0) is 31.7 Å². The van der Waals surface area contributed by atoms with E-state index in [2.05, 4.69) is 10.3 Å². The number of pyridine rings is 1. The molecule has 0 aliphatic heterocycles. The van der Waals surface area contributed by atoms with E-state index in [1.807, 2.05) is 19.9 Å². The zero-order valence-corrected chi connectivity index (χ0v) is 11.1. The van der Waals surface area contributed by atoms with Gasteiger partial charge in [0.05, 0.1) is 6.20 Å². The van der Waals surface area contributed by atoms with Gasteiger partial charge in [-0.3, -0.25) is 4.98 Å². The van der Waals surface area contributed by atoms with Gasteiger partial charge in [0.2, 0.25) is 0 Å². The van der Waals surface area contributed by atoms with Gasteiger partial charge in [0.1, 0.15) is 5.75 Å². The van der Waals surface area contributed by atoms with Crippen LogP contribution < -0.4 is 10.1 Å². The van der Waals surface area contributed by atoms with Gasteiger partial charge in [0.15, 0.2) is 11.6 Å².